The second-order valence-electron chi connectivity index (χ2n) is 7.14. The maximum absolute atomic E-state index is 14.0. The number of hydrogen-bond acceptors (Lipinski definition) is 8. The third kappa shape index (κ3) is 2.93. The lowest BCUT2D eigenvalue weighted by Crippen LogP contribution is -2.42. The molecule has 2 aliphatic rings. The van der Waals surface area contributed by atoms with Gasteiger partial charge in [-0.2, -0.15) is 10.4 Å². The van der Waals surface area contributed by atoms with E-state index in [2.05, 4.69) is 26.5 Å². The molecule has 2 aliphatic heterocycles. The number of amides is 1. The summed E-state index contributed by atoms with van der Waals surface area (Å²) < 4.78 is 26.9. The van der Waals surface area contributed by atoms with Crippen LogP contribution in [0.25, 0.3) is 5.65 Å². The molecule has 1 amide bonds. The summed E-state index contributed by atoms with van der Waals surface area (Å²) in [6.07, 6.45) is 4.10. The lowest BCUT2D eigenvalue weighted by atomic mass is 10.1. The van der Waals surface area contributed by atoms with E-state index in [9.17, 15) is 14.4 Å². The van der Waals surface area contributed by atoms with Gasteiger partial charge < -0.3 is 19.7 Å². The molecule has 5 rings (SSSR count). The van der Waals surface area contributed by atoms with Gasteiger partial charge in [-0.3, -0.25) is 4.79 Å². The Bertz CT molecular complexity index is 1200. The first-order chi connectivity index (χ1) is 14.5. The molecule has 0 saturated heterocycles. The fourth-order valence-corrected chi connectivity index (χ4v) is 3.49. The van der Waals surface area contributed by atoms with Crippen LogP contribution in [0, 0.1) is 17.1 Å². The van der Waals surface area contributed by atoms with Crippen molar-refractivity contribution < 1.29 is 18.7 Å². The van der Waals surface area contributed by atoms with Gasteiger partial charge in [0.25, 0.3) is 5.91 Å². The third-order valence-electron chi connectivity index (χ3n) is 4.96. The molecule has 0 aromatic carbocycles. The molecule has 10 nitrogen and oxygen atoms in total. The number of anilines is 1. The number of nitrogens with one attached hydrogen (secondary N) is 1. The van der Waals surface area contributed by atoms with Crippen LogP contribution in [0.2, 0.25) is 0 Å². The van der Waals surface area contributed by atoms with Gasteiger partial charge in [0.05, 0.1) is 37.2 Å². The zero-order valence-electron chi connectivity index (χ0n) is 15.9. The number of pyridine rings is 1. The summed E-state index contributed by atoms with van der Waals surface area (Å²) in [7, 11) is 0. The van der Waals surface area contributed by atoms with Crippen molar-refractivity contribution in [1.82, 2.24) is 24.9 Å². The summed E-state index contributed by atoms with van der Waals surface area (Å²) in [5.41, 5.74) is 1.06. The predicted molar refractivity (Wildman–Crippen MR) is 101 cm³/mol. The monoisotopic (exact) mass is 409 g/mol. The van der Waals surface area contributed by atoms with Crippen molar-refractivity contribution in [3.05, 3.63) is 41.6 Å². The molecule has 0 radical (unpaired) electrons. The molecule has 0 fully saturated rings. The summed E-state index contributed by atoms with van der Waals surface area (Å²) in [6.45, 7) is 2.13. The van der Waals surface area contributed by atoms with Crippen LogP contribution in [-0.2, 0) is 6.54 Å². The number of halogens is 1. The quantitative estimate of drug-likeness (QED) is 0.586. The van der Waals surface area contributed by atoms with Gasteiger partial charge in [-0.05, 0) is 13.0 Å². The van der Waals surface area contributed by atoms with Gasteiger partial charge in [0.2, 0.25) is 5.88 Å². The van der Waals surface area contributed by atoms with Crippen LogP contribution in [0.15, 0.2) is 24.7 Å². The van der Waals surface area contributed by atoms with Crippen molar-refractivity contribution in [2.24, 2.45) is 0 Å². The molecular weight excluding hydrogens is 393 g/mol. The predicted octanol–water partition coefficient (Wildman–Crippen LogP) is 1.07. The van der Waals surface area contributed by atoms with Crippen LogP contribution >= 0.6 is 0 Å². The van der Waals surface area contributed by atoms with E-state index in [1.807, 2.05) is 0 Å². The zero-order chi connectivity index (χ0) is 20.8. The molecule has 0 spiro atoms. The Morgan fingerprint density at radius 1 is 1.33 bits per heavy atom. The normalized spacial score (nSPS) is 20.7. The van der Waals surface area contributed by atoms with E-state index in [4.69, 9.17) is 9.47 Å². The summed E-state index contributed by atoms with van der Waals surface area (Å²) in [5, 5.41) is 16.7. The van der Waals surface area contributed by atoms with Crippen molar-refractivity contribution in [2.75, 3.05) is 18.1 Å². The minimum Gasteiger partial charge on any atom is -0.485 e. The van der Waals surface area contributed by atoms with Crippen LogP contribution in [0.4, 0.5) is 10.2 Å². The van der Waals surface area contributed by atoms with Gasteiger partial charge in [0.15, 0.2) is 23.3 Å². The largest absolute Gasteiger partial charge is 0.485 e. The molecule has 30 heavy (non-hydrogen) atoms. The smallest absolute Gasteiger partial charge is 0.257 e. The van der Waals surface area contributed by atoms with Crippen LogP contribution in [-0.4, -0.2) is 50.8 Å². The van der Waals surface area contributed by atoms with Gasteiger partial charge in [0, 0.05) is 5.56 Å². The average molecular weight is 409 g/mol. The molecular formula is C19H16FN7O3. The molecule has 3 aromatic rings. The molecule has 152 valence electrons. The molecule has 2 atom stereocenters. The number of ether oxygens (including phenoxy) is 2. The third-order valence-corrected chi connectivity index (χ3v) is 4.96. The molecule has 2 bridgehead atoms. The van der Waals surface area contributed by atoms with E-state index in [0.717, 1.165) is 6.20 Å². The number of carbonyl (C=O) groups is 1. The number of carbonyl (C=O) groups excluding carboxylic acids is 1. The molecule has 0 unspecified atom stereocenters. The molecule has 5 heterocycles. The summed E-state index contributed by atoms with van der Waals surface area (Å²) in [5.74, 6) is 0.105. The number of hydrogen-bond donors (Lipinski definition) is 1. The molecule has 0 saturated carbocycles. The topological polar surface area (TPSA) is 118 Å². The van der Waals surface area contributed by atoms with Crippen molar-refractivity contribution in [2.45, 2.75) is 25.6 Å². The Hall–Kier alpha value is -3.94. The first kappa shape index (κ1) is 18.1. The fourth-order valence-electron chi connectivity index (χ4n) is 3.49. The fraction of sp³-hybridized carbons (Fsp3) is 0.316. The van der Waals surface area contributed by atoms with E-state index in [0.29, 0.717) is 22.8 Å². The van der Waals surface area contributed by atoms with Gasteiger partial charge in [-0.15, -0.1) is 0 Å². The second-order valence-corrected chi connectivity index (χ2v) is 7.14. The lowest BCUT2D eigenvalue weighted by Gasteiger charge is -2.34. The second kappa shape index (κ2) is 6.84. The van der Waals surface area contributed by atoms with Crippen molar-refractivity contribution >= 4 is 17.4 Å². The molecule has 3 aromatic heterocycles. The standard InChI is InChI=1S/C19H16FN7O3/c1-10-8-30-19-11(2-12(20)4-22-19)6-26-13(3-21)9-29-15-7-27-16(25-17(15)26)14(5-23-27)18(28)24-10/h2,4-5,7,10,13H,6,8-9H2,1H3,(H,24,28)/t10-,13-/m1/s1. The maximum atomic E-state index is 14.0. The van der Waals surface area contributed by atoms with Crippen LogP contribution in [0.1, 0.15) is 22.8 Å². The Kier molecular flexibility index (Phi) is 4.13. The Balaban J connectivity index is 1.72. The van der Waals surface area contributed by atoms with Gasteiger partial charge in [-0.25, -0.2) is 18.9 Å². The van der Waals surface area contributed by atoms with Crippen LogP contribution < -0.4 is 19.7 Å². The highest BCUT2D eigenvalue weighted by Crippen LogP contribution is 2.35. The van der Waals surface area contributed by atoms with E-state index in [-0.39, 0.29) is 43.2 Å². The van der Waals surface area contributed by atoms with Crippen molar-refractivity contribution in [3.8, 4) is 17.7 Å². The number of fused-ring (bicyclic) bond motifs is 1. The zero-order valence-corrected chi connectivity index (χ0v) is 15.9. The van der Waals surface area contributed by atoms with Crippen molar-refractivity contribution in [3.63, 3.8) is 0 Å². The van der Waals surface area contributed by atoms with E-state index in [1.165, 1.54) is 16.8 Å². The first-order valence-electron chi connectivity index (χ1n) is 9.29. The summed E-state index contributed by atoms with van der Waals surface area (Å²) >= 11 is 0. The van der Waals surface area contributed by atoms with Gasteiger partial charge in [-0.1, -0.05) is 0 Å². The highest BCUT2D eigenvalue weighted by atomic mass is 19.1. The van der Waals surface area contributed by atoms with Crippen molar-refractivity contribution in [1.29, 1.82) is 5.26 Å². The molecule has 0 aliphatic carbocycles. The van der Waals surface area contributed by atoms with E-state index >= 15 is 0 Å². The number of rotatable bonds is 0. The first-order valence-corrected chi connectivity index (χ1v) is 9.29. The highest BCUT2D eigenvalue weighted by molar-refractivity contribution is 6.00. The Morgan fingerprint density at radius 3 is 3.03 bits per heavy atom. The van der Waals surface area contributed by atoms with Crippen LogP contribution in [0.5, 0.6) is 11.6 Å². The number of aromatic nitrogens is 4. The Labute approximate surface area is 169 Å². The highest BCUT2D eigenvalue weighted by Gasteiger charge is 2.32. The maximum Gasteiger partial charge on any atom is 0.257 e. The minimum atomic E-state index is -0.673. The number of nitriles is 1. The Morgan fingerprint density at radius 2 is 2.20 bits per heavy atom. The SMILES string of the molecule is C[C@@H]1COc2ncc(F)cc2CN2c3nc4c(cnn4cc3OC[C@H]2C#N)C(=O)N1. The van der Waals surface area contributed by atoms with Gasteiger partial charge in [0.1, 0.15) is 24.6 Å². The summed E-state index contributed by atoms with van der Waals surface area (Å²) in [6, 6.07) is 2.47. The summed E-state index contributed by atoms with van der Waals surface area (Å²) in [4.78, 5) is 23.1. The van der Waals surface area contributed by atoms with Crippen LogP contribution in [0.3, 0.4) is 0 Å². The minimum absolute atomic E-state index is 0.0985. The molecule has 11 heteroatoms. The lowest BCUT2D eigenvalue weighted by molar-refractivity contribution is 0.0927. The van der Waals surface area contributed by atoms with E-state index < -0.39 is 11.9 Å². The molecule has 1 N–H and O–H groups in total. The number of nitrogens with zero attached hydrogens (tertiary/aromatic N) is 6. The van der Waals surface area contributed by atoms with Gasteiger partial charge >= 0.3 is 0 Å². The average Bonchev–Trinajstić information content (AvgIpc) is 3.14. The van der Waals surface area contributed by atoms with E-state index in [1.54, 1.807) is 18.0 Å².